The molecule has 0 unspecified atom stereocenters. The van der Waals surface area contributed by atoms with Crippen LogP contribution in [0.5, 0.6) is 5.75 Å². The van der Waals surface area contributed by atoms with Gasteiger partial charge in [-0.15, -0.1) is 0 Å². The van der Waals surface area contributed by atoms with E-state index in [0.29, 0.717) is 31.4 Å². The number of carboxylic acid groups (broad SMARTS) is 2. The monoisotopic (exact) mass is 719 g/mol. The van der Waals surface area contributed by atoms with E-state index in [1.807, 2.05) is 13.8 Å². The number of aliphatic carboxylic acids is 2. The van der Waals surface area contributed by atoms with Crippen LogP contribution in [0.15, 0.2) is 24.3 Å². The fourth-order valence-corrected chi connectivity index (χ4v) is 5.68. The molecule has 51 heavy (non-hydrogen) atoms. The molecule has 6 atom stereocenters. The van der Waals surface area contributed by atoms with Crippen LogP contribution in [0.25, 0.3) is 0 Å². The Bertz CT molecular complexity index is 1370. The maximum Gasteiger partial charge on any atom is 0.326 e. The van der Waals surface area contributed by atoms with E-state index in [4.69, 9.17) is 16.6 Å². The number of hydrogen-bond donors (Lipinski definition) is 9. The van der Waals surface area contributed by atoms with Gasteiger partial charge in [0, 0.05) is 19.4 Å². The van der Waals surface area contributed by atoms with Gasteiger partial charge in [-0.3, -0.25) is 28.8 Å². The van der Waals surface area contributed by atoms with E-state index in [-0.39, 0.29) is 50.3 Å². The Morgan fingerprint density at radius 2 is 1.43 bits per heavy atom. The quantitative estimate of drug-likeness (QED) is 0.0716. The topological polar surface area (TPSA) is 284 Å². The zero-order chi connectivity index (χ0) is 38.2. The summed E-state index contributed by atoms with van der Waals surface area (Å²) >= 11 is 0. The third kappa shape index (κ3) is 14.2. The number of carboxylic acids is 2. The van der Waals surface area contributed by atoms with Crippen molar-refractivity contribution in [1.82, 2.24) is 26.2 Å². The summed E-state index contributed by atoms with van der Waals surface area (Å²) in [5.74, 6) is -5.94. The molecule has 1 aliphatic rings. The summed E-state index contributed by atoms with van der Waals surface area (Å²) in [5, 5.41) is 38.6. The van der Waals surface area contributed by atoms with E-state index in [2.05, 4.69) is 21.3 Å². The number of nitrogens with one attached hydrogen (secondary N) is 4. The largest absolute Gasteiger partial charge is 0.508 e. The predicted octanol–water partition coefficient (Wildman–Crippen LogP) is -0.663. The van der Waals surface area contributed by atoms with Crippen LogP contribution in [0, 0.1) is 5.92 Å². The fourth-order valence-electron chi connectivity index (χ4n) is 5.68. The number of nitrogens with zero attached hydrogens (tertiary/aromatic N) is 1. The highest BCUT2D eigenvalue weighted by atomic mass is 16.4. The van der Waals surface area contributed by atoms with Gasteiger partial charge in [-0.25, -0.2) is 4.79 Å². The Balaban J connectivity index is 2.29. The van der Waals surface area contributed by atoms with Gasteiger partial charge in [0.15, 0.2) is 0 Å². The van der Waals surface area contributed by atoms with E-state index in [1.165, 1.54) is 24.0 Å². The molecule has 1 aromatic carbocycles. The maximum atomic E-state index is 13.9. The highest BCUT2D eigenvalue weighted by molar-refractivity contribution is 5.96. The molecule has 0 aliphatic carbocycles. The number of unbranched alkanes of at least 4 members (excludes halogenated alkanes) is 1. The summed E-state index contributed by atoms with van der Waals surface area (Å²) < 4.78 is 0. The lowest BCUT2D eigenvalue weighted by Gasteiger charge is -2.31. The molecule has 0 bridgehead atoms. The van der Waals surface area contributed by atoms with Crippen LogP contribution in [0.2, 0.25) is 0 Å². The van der Waals surface area contributed by atoms with Crippen molar-refractivity contribution in [2.75, 3.05) is 13.1 Å². The second kappa shape index (κ2) is 20.8. The van der Waals surface area contributed by atoms with Gasteiger partial charge >= 0.3 is 11.9 Å². The second-order valence-electron chi connectivity index (χ2n) is 13.3. The summed E-state index contributed by atoms with van der Waals surface area (Å²) in [4.78, 5) is 91.1. The molecule has 1 aliphatic heterocycles. The first kappa shape index (κ1) is 42.4. The molecule has 2 rings (SSSR count). The molecule has 1 aromatic rings. The van der Waals surface area contributed by atoms with Crippen LogP contribution < -0.4 is 32.7 Å². The number of benzene rings is 1. The van der Waals surface area contributed by atoms with Gasteiger partial charge in [0.25, 0.3) is 0 Å². The molecular formula is C34H53N7O10. The number of phenolic OH excluding ortho intramolecular Hbond substituents is 1. The van der Waals surface area contributed by atoms with Crippen LogP contribution >= 0.6 is 0 Å². The molecule has 1 heterocycles. The van der Waals surface area contributed by atoms with Crippen molar-refractivity contribution >= 4 is 41.5 Å². The van der Waals surface area contributed by atoms with Crippen LogP contribution in [0.1, 0.15) is 77.7 Å². The Hall–Kier alpha value is -4.77. The molecule has 0 aromatic heterocycles. The summed E-state index contributed by atoms with van der Waals surface area (Å²) in [6, 6.07) is -0.762. The van der Waals surface area contributed by atoms with Crippen molar-refractivity contribution in [3.8, 4) is 5.75 Å². The highest BCUT2D eigenvalue weighted by Gasteiger charge is 2.40. The number of phenols is 1. The molecule has 284 valence electrons. The summed E-state index contributed by atoms with van der Waals surface area (Å²) in [5.41, 5.74) is 12.0. The van der Waals surface area contributed by atoms with E-state index in [1.54, 1.807) is 12.1 Å². The number of carbonyl (C=O) groups is 7. The smallest absolute Gasteiger partial charge is 0.326 e. The average molecular weight is 720 g/mol. The lowest BCUT2D eigenvalue weighted by atomic mass is 10.00. The van der Waals surface area contributed by atoms with Gasteiger partial charge in [-0.2, -0.15) is 0 Å². The minimum absolute atomic E-state index is 0.0163. The van der Waals surface area contributed by atoms with Gasteiger partial charge in [0.05, 0.1) is 6.04 Å². The van der Waals surface area contributed by atoms with Crippen molar-refractivity contribution < 1.29 is 48.9 Å². The molecule has 17 nitrogen and oxygen atoms in total. The summed E-state index contributed by atoms with van der Waals surface area (Å²) in [6.07, 6.45) is 1.21. The number of aromatic hydroxyl groups is 1. The molecule has 11 N–H and O–H groups in total. The van der Waals surface area contributed by atoms with Gasteiger partial charge < -0.3 is 53.0 Å². The summed E-state index contributed by atoms with van der Waals surface area (Å²) in [7, 11) is 0. The van der Waals surface area contributed by atoms with Crippen molar-refractivity contribution in [1.29, 1.82) is 0 Å². The molecule has 0 saturated carbocycles. The molecule has 1 saturated heterocycles. The standard InChI is InChI=1S/C34H53N7O10/c1-19(2)17-26(33(49)41-16-6-8-27(41)32(48)38-24(34(50)51)13-14-28(43)44)40-30(46)23(7-4-5-15-35)37-31(47)25(39-29(45)20(3)36)18-21-9-11-22(42)12-10-21/h9-12,19-20,23-27,42H,4-8,13-18,35-36H2,1-3H3,(H,37,47)(H,38,48)(H,39,45)(H,40,46)(H,43,44)(H,50,51)/t20-,23-,24-,25-,26-,27-/m0/s1. The van der Waals surface area contributed by atoms with E-state index < -0.39 is 84.1 Å². The first-order chi connectivity index (χ1) is 24.0. The fraction of sp³-hybridized carbons (Fsp3) is 0.618. The van der Waals surface area contributed by atoms with E-state index >= 15 is 0 Å². The molecule has 5 amide bonds. The molecular weight excluding hydrogens is 666 g/mol. The first-order valence-electron chi connectivity index (χ1n) is 17.2. The van der Waals surface area contributed by atoms with E-state index in [0.717, 1.165) is 0 Å². The Kier molecular flexibility index (Phi) is 17.3. The van der Waals surface area contributed by atoms with Crippen LogP contribution in [0.3, 0.4) is 0 Å². The number of carbonyl (C=O) groups excluding carboxylic acids is 5. The third-order valence-electron chi connectivity index (χ3n) is 8.42. The van der Waals surface area contributed by atoms with Crippen molar-refractivity contribution in [3.05, 3.63) is 29.8 Å². The predicted molar refractivity (Wildman–Crippen MR) is 185 cm³/mol. The maximum absolute atomic E-state index is 13.9. The number of amides is 5. The van der Waals surface area contributed by atoms with Crippen LogP contribution in [-0.2, 0) is 40.0 Å². The average Bonchev–Trinajstić information content (AvgIpc) is 3.56. The Labute approximate surface area is 297 Å². The van der Waals surface area contributed by atoms with Gasteiger partial charge in [-0.1, -0.05) is 26.0 Å². The number of nitrogens with two attached hydrogens (primary N) is 2. The van der Waals surface area contributed by atoms with E-state index in [9.17, 15) is 43.8 Å². The number of hydrogen-bond acceptors (Lipinski definition) is 10. The highest BCUT2D eigenvalue weighted by Crippen LogP contribution is 2.21. The molecule has 0 radical (unpaired) electrons. The number of likely N-dealkylation sites (tertiary alicyclic amines) is 1. The SMILES string of the molecule is CC(C)C[C@H](NC(=O)[C@H](CCCCN)NC(=O)[C@H](Cc1ccc(O)cc1)NC(=O)[C@H](C)N)C(=O)N1CCC[C@H]1C(=O)N[C@@H](CCC(=O)O)C(=O)O. The zero-order valence-corrected chi connectivity index (χ0v) is 29.4. The van der Waals surface area contributed by atoms with Gasteiger partial charge in [0.1, 0.15) is 36.0 Å². The van der Waals surface area contributed by atoms with Crippen molar-refractivity contribution in [3.63, 3.8) is 0 Å². The van der Waals surface area contributed by atoms with Gasteiger partial charge in [-0.05, 0) is 82.0 Å². The zero-order valence-electron chi connectivity index (χ0n) is 29.4. The van der Waals surface area contributed by atoms with Gasteiger partial charge in [0.2, 0.25) is 29.5 Å². The molecule has 0 spiro atoms. The summed E-state index contributed by atoms with van der Waals surface area (Å²) in [6.45, 7) is 5.65. The molecule has 17 heteroatoms. The first-order valence-corrected chi connectivity index (χ1v) is 17.2. The lowest BCUT2D eigenvalue weighted by Crippen LogP contribution is -2.59. The normalized spacial score (nSPS) is 17.1. The molecule has 1 fully saturated rings. The van der Waals surface area contributed by atoms with Crippen LogP contribution in [-0.4, -0.2) is 111 Å². The number of rotatable bonds is 21. The third-order valence-corrected chi connectivity index (χ3v) is 8.42. The van der Waals surface area contributed by atoms with Crippen molar-refractivity contribution in [2.45, 2.75) is 115 Å². The second-order valence-corrected chi connectivity index (χ2v) is 13.3. The van der Waals surface area contributed by atoms with Crippen molar-refractivity contribution in [2.24, 2.45) is 17.4 Å². The lowest BCUT2D eigenvalue weighted by molar-refractivity contribution is -0.145. The Morgan fingerprint density at radius 3 is 2.00 bits per heavy atom. The minimum atomic E-state index is -1.47. The minimum Gasteiger partial charge on any atom is -0.508 e. The van der Waals surface area contributed by atoms with Crippen LogP contribution in [0.4, 0.5) is 0 Å². The Morgan fingerprint density at radius 1 is 0.824 bits per heavy atom.